The van der Waals surface area contributed by atoms with Crippen LogP contribution in [-0.4, -0.2) is 15.9 Å². The van der Waals surface area contributed by atoms with E-state index in [1.165, 1.54) is 0 Å². The number of nitrogens with zero attached hydrogens (tertiary/aromatic N) is 2. The lowest BCUT2D eigenvalue weighted by atomic mass is 10.2. The summed E-state index contributed by atoms with van der Waals surface area (Å²) in [5, 5.41) is 3.74. The van der Waals surface area contributed by atoms with Crippen LogP contribution in [-0.2, 0) is 17.8 Å². The molecule has 0 atom stereocenters. The van der Waals surface area contributed by atoms with Crippen molar-refractivity contribution in [2.45, 2.75) is 25.8 Å². The van der Waals surface area contributed by atoms with Gasteiger partial charge in [0.1, 0.15) is 5.76 Å². The van der Waals surface area contributed by atoms with Gasteiger partial charge in [0.2, 0.25) is 5.91 Å². The van der Waals surface area contributed by atoms with E-state index < -0.39 is 0 Å². The van der Waals surface area contributed by atoms with E-state index in [1.54, 1.807) is 17.5 Å². The topological polar surface area (TPSA) is 81.2 Å². The van der Waals surface area contributed by atoms with E-state index in [4.69, 9.17) is 8.83 Å². The molecule has 7 heteroatoms. The third-order valence-electron chi connectivity index (χ3n) is 5.03. The fourth-order valence-corrected chi connectivity index (χ4v) is 4.33. The van der Waals surface area contributed by atoms with Crippen molar-refractivity contribution in [3.05, 3.63) is 84.6 Å². The Morgan fingerprint density at radius 2 is 1.78 bits per heavy atom. The second-order valence-corrected chi connectivity index (χ2v) is 8.40. The summed E-state index contributed by atoms with van der Waals surface area (Å²) in [6.45, 7) is 0.348. The number of amides is 1. The zero-order valence-electron chi connectivity index (χ0n) is 17.3. The molecule has 0 fully saturated rings. The molecule has 32 heavy (non-hydrogen) atoms. The quantitative estimate of drug-likeness (QED) is 0.325. The van der Waals surface area contributed by atoms with Crippen molar-refractivity contribution in [1.82, 2.24) is 15.3 Å². The van der Waals surface area contributed by atoms with Gasteiger partial charge in [-0.05, 0) is 30.7 Å². The van der Waals surface area contributed by atoms with Gasteiger partial charge in [-0.1, -0.05) is 42.5 Å². The number of aromatic nitrogens is 2. The Labute approximate surface area is 188 Å². The number of furan rings is 1. The van der Waals surface area contributed by atoms with Gasteiger partial charge in [0.25, 0.3) is 0 Å². The van der Waals surface area contributed by atoms with Crippen molar-refractivity contribution in [2.75, 3.05) is 0 Å². The third-order valence-corrected chi connectivity index (χ3v) is 6.08. The van der Waals surface area contributed by atoms with Crippen molar-refractivity contribution >= 4 is 27.5 Å². The largest absolute Gasteiger partial charge is 0.457 e. The highest BCUT2D eigenvalue weighted by Crippen LogP contribution is 2.31. The summed E-state index contributed by atoms with van der Waals surface area (Å²) in [5.74, 6) is 2.77. The monoisotopic (exact) mass is 443 g/mol. The van der Waals surface area contributed by atoms with Gasteiger partial charge >= 0.3 is 0 Å². The Balaban J connectivity index is 1.09. The summed E-state index contributed by atoms with van der Waals surface area (Å²) in [5.41, 5.74) is 1.95. The molecular weight excluding hydrogens is 422 g/mol. The lowest BCUT2D eigenvalue weighted by Crippen LogP contribution is -2.22. The molecule has 0 spiro atoms. The van der Waals surface area contributed by atoms with Gasteiger partial charge in [-0.25, -0.2) is 9.97 Å². The van der Waals surface area contributed by atoms with Crippen LogP contribution in [0, 0.1) is 0 Å². The molecule has 160 valence electrons. The molecule has 1 amide bonds. The summed E-state index contributed by atoms with van der Waals surface area (Å²) >= 11 is 1.59. The molecule has 2 aromatic carbocycles. The molecule has 3 aromatic heterocycles. The molecular formula is C25H21N3O3S. The van der Waals surface area contributed by atoms with Crippen molar-refractivity contribution in [2.24, 2.45) is 0 Å². The number of fused-ring (bicyclic) bond motifs is 1. The highest BCUT2D eigenvalue weighted by molar-refractivity contribution is 7.21. The standard InChI is InChI=1S/C25H21N3O3S/c29-23(11-6-12-24-27-16-21(31-24)17-7-2-1-3-8-17)26-15-18-13-14-20(30-18)25-28-19-9-4-5-10-22(19)32-25/h1-5,7-10,13-14,16H,6,11-12,15H2,(H,26,29). The molecule has 0 aliphatic rings. The fourth-order valence-electron chi connectivity index (χ4n) is 3.40. The van der Waals surface area contributed by atoms with Crippen LogP contribution in [0.4, 0.5) is 0 Å². The number of oxazole rings is 1. The number of nitrogens with one attached hydrogen (secondary N) is 1. The van der Waals surface area contributed by atoms with Crippen molar-refractivity contribution in [3.63, 3.8) is 0 Å². The molecule has 6 nitrogen and oxygen atoms in total. The highest BCUT2D eigenvalue weighted by Gasteiger charge is 2.12. The number of hydrogen-bond donors (Lipinski definition) is 1. The van der Waals surface area contributed by atoms with E-state index in [9.17, 15) is 4.79 Å². The first-order chi connectivity index (χ1) is 15.7. The smallest absolute Gasteiger partial charge is 0.220 e. The van der Waals surface area contributed by atoms with Crippen LogP contribution in [0.2, 0.25) is 0 Å². The Kier molecular flexibility index (Phi) is 5.81. The molecule has 5 rings (SSSR count). The Hall–Kier alpha value is -3.71. The number of rotatable bonds is 8. The molecule has 1 N–H and O–H groups in total. The predicted molar refractivity (Wildman–Crippen MR) is 124 cm³/mol. The minimum absolute atomic E-state index is 0.0298. The summed E-state index contributed by atoms with van der Waals surface area (Å²) in [7, 11) is 0. The van der Waals surface area contributed by atoms with Gasteiger partial charge in [-0.15, -0.1) is 11.3 Å². The van der Waals surface area contributed by atoms with Gasteiger partial charge in [0, 0.05) is 18.4 Å². The second kappa shape index (κ2) is 9.20. The summed E-state index contributed by atoms with van der Waals surface area (Å²) in [4.78, 5) is 21.1. The molecule has 0 saturated carbocycles. The Morgan fingerprint density at radius 1 is 0.938 bits per heavy atom. The van der Waals surface area contributed by atoms with E-state index in [1.807, 2.05) is 66.7 Å². The van der Waals surface area contributed by atoms with Gasteiger partial charge in [0.15, 0.2) is 22.4 Å². The first-order valence-corrected chi connectivity index (χ1v) is 11.3. The SMILES string of the molecule is O=C(CCCc1ncc(-c2ccccc2)o1)NCc1ccc(-c2nc3ccccc3s2)o1. The van der Waals surface area contributed by atoms with Crippen molar-refractivity contribution < 1.29 is 13.6 Å². The summed E-state index contributed by atoms with van der Waals surface area (Å²) < 4.78 is 12.8. The number of carbonyl (C=O) groups excluding carboxylic acids is 1. The van der Waals surface area contributed by atoms with Gasteiger partial charge in [-0.2, -0.15) is 0 Å². The molecule has 0 unspecified atom stereocenters. The third kappa shape index (κ3) is 4.63. The van der Waals surface area contributed by atoms with Crippen LogP contribution in [0.3, 0.4) is 0 Å². The van der Waals surface area contributed by atoms with E-state index in [0.717, 1.165) is 26.5 Å². The lowest BCUT2D eigenvalue weighted by molar-refractivity contribution is -0.121. The maximum absolute atomic E-state index is 12.2. The van der Waals surface area contributed by atoms with Crippen LogP contribution in [0.1, 0.15) is 24.5 Å². The first-order valence-electron chi connectivity index (χ1n) is 10.5. The lowest BCUT2D eigenvalue weighted by Gasteiger charge is -2.02. The van der Waals surface area contributed by atoms with Crippen LogP contribution < -0.4 is 5.32 Å². The van der Waals surface area contributed by atoms with Gasteiger partial charge in [0.05, 0.1) is 23.0 Å². The number of carbonyl (C=O) groups is 1. The minimum Gasteiger partial charge on any atom is -0.457 e. The molecule has 3 heterocycles. The van der Waals surface area contributed by atoms with Crippen LogP contribution in [0.25, 0.3) is 32.3 Å². The number of benzene rings is 2. The summed E-state index contributed by atoms with van der Waals surface area (Å²) in [6, 6.07) is 21.6. The molecule has 0 aliphatic carbocycles. The Bertz CT molecular complexity index is 1300. The number of aryl methyl sites for hydroxylation is 1. The normalized spacial score (nSPS) is 11.1. The van der Waals surface area contributed by atoms with Crippen molar-refractivity contribution in [1.29, 1.82) is 0 Å². The Morgan fingerprint density at radius 3 is 2.66 bits per heavy atom. The zero-order valence-corrected chi connectivity index (χ0v) is 18.1. The molecule has 5 aromatic rings. The van der Waals surface area contributed by atoms with Crippen LogP contribution in [0.15, 0.2) is 81.8 Å². The molecule has 0 saturated heterocycles. The predicted octanol–water partition coefficient (Wildman–Crippen LogP) is 5.85. The van der Waals surface area contributed by atoms with Gasteiger partial charge in [-0.3, -0.25) is 4.79 Å². The maximum atomic E-state index is 12.2. The average molecular weight is 444 g/mol. The fraction of sp³-hybridized carbons (Fsp3) is 0.160. The number of para-hydroxylation sites is 1. The number of thiazole rings is 1. The maximum Gasteiger partial charge on any atom is 0.220 e. The highest BCUT2D eigenvalue weighted by atomic mass is 32.1. The van der Waals surface area contributed by atoms with E-state index in [0.29, 0.717) is 43.2 Å². The summed E-state index contributed by atoms with van der Waals surface area (Å²) in [6.07, 6.45) is 3.40. The average Bonchev–Trinajstić information content (AvgIpc) is 3.57. The first kappa shape index (κ1) is 20.2. The van der Waals surface area contributed by atoms with Crippen LogP contribution >= 0.6 is 11.3 Å². The van der Waals surface area contributed by atoms with Crippen molar-refractivity contribution in [3.8, 4) is 22.1 Å². The number of hydrogen-bond acceptors (Lipinski definition) is 6. The molecule has 0 radical (unpaired) electrons. The van der Waals surface area contributed by atoms with Gasteiger partial charge < -0.3 is 14.2 Å². The van der Waals surface area contributed by atoms with E-state index in [2.05, 4.69) is 15.3 Å². The minimum atomic E-state index is -0.0298. The van der Waals surface area contributed by atoms with E-state index in [-0.39, 0.29) is 5.91 Å². The molecule has 0 bridgehead atoms. The van der Waals surface area contributed by atoms with E-state index >= 15 is 0 Å². The molecule has 0 aliphatic heterocycles. The van der Waals surface area contributed by atoms with Crippen LogP contribution in [0.5, 0.6) is 0 Å². The second-order valence-electron chi connectivity index (χ2n) is 7.37. The zero-order chi connectivity index (χ0) is 21.8.